The number of hydrogen-bond donors (Lipinski definition) is 1. The van der Waals surface area contributed by atoms with Crippen LogP contribution in [0.5, 0.6) is 0 Å². The molecule has 2 nitrogen and oxygen atoms in total. The first-order chi connectivity index (χ1) is 5.16. The van der Waals surface area contributed by atoms with Gasteiger partial charge in [0.05, 0.1) is 0 Å². The second kappa shape index (κ2) is 6.04. The van der Waals surface area contributed by atoms with Crippen LogP contribution in [-0.4, -0.2) is 11.7 Å². The average molecular weight is 171 g/mol. The highest BCUT2D eigenvalue weighted by Gasteiger charge is 1.90. The SMILES string of the molecule is C=CCS/C=C(/C)NC(C)=O. The van der Waals surface area contributed by atoms with E-state index in [-0.39, 0.29) is 5.91 Å². The first kappa shape index (κ1) is 10.3. The van der Waals surface area contributed by atoms with Crippen LogP contribution >= 0.6 is 11.8 Å². The Kier molecular flexibility index (Phi) is 5.65. The van der Waals surface area contributed by atoms with Crippen LogP contribution < -0.4 is 5.32 Å². The minimum Gasteiger partial charge on any atom is -0.330 e. The molecule has 0 spiro atoms. The van der Waals surface area contributed by atoms with Crippen molar-refractivity contribution in [3.63, 3.8) is 0 Å². The number of allylic oxidation sites excluding steroid dienone is 1. The fourth-order valence-electron chi connectivity index (χ4n) is 0.548. The van der Waals surface area contributed by atoms with E-state index >= 15 is 0 Å². The van der Waals surface area contributed by atoms with Gasteiger partial charge in [-0.3, -0.25) is 4.79 Å². The summed E-state index contributed by atoms with van der Waals surface area (Å²) in [6, 6.07) is 0. The van der Waals surface area contributed by atoms with Gasteiger partial charge in [-0.15, -0.1) is 18.3 Å². The molecule has 0 heterocycles. The number of carbonyl (C=O) groups is 1. The maximum absolute atomic E-state index is 10.5. The molecule has 0 saturated heterocycles. The van der Waals surface area contributed by atoms with Gasteiger partial charge in [-0.05, 0) is 12.3 Å². The van der Waals surface area contributed by atoms with Crippen LogP contribution in [0.15, 0.2) is 23.8 Å². The molecule has 0 aromatic heterocycles. The molecule has 1 amide bonds. The van der Waals surface area contributed by atoms with Crippen molar-refractivity contribution in [1.29, 1.82) is 0 Å². The monoisotopic (exact) mass is 171 g/mol. The summed E-state index contributed by atoms with van der Waals surface area (Å²) >= 11 is 1.61. The number of thioether (sulfide) groups is 1. The predicted molar refractivity (Wildman–Crippen MR) is 50.2 cm³/mol. The van der Waals surface area contributed by atoms with Gasteiger partial charge in [-0.1, -0.05) is 6.08 Å². The fraction of sp³-hybridized carbons (Fsp3) is 0.375. The number of nitrogens with one attached hydrogen (secondary N) is 1. The molecule has 0 radical (unpaired) electrons. The molecule has 1 N–H and O–H groups in total. The Balaban J connectivity index is 3.62. The molecule has 0 aliphatic heterocycles. The van der Waals surface area contributed by atoms with Crippen molar-refractivity contribution >= 4 is 17.7 Å². The highest BCUT2D eigenvalue weighted by Crippen LogP contribution is 2.04. The van der Waals surface area contributed by atoms with Gasteiger partial charge in [0.1, 0.15) is 0 Å². The van der Waals surface area contributed by atoms with E-state index < -0.39 is 0 Å². The Labute approximate surface area is 71.7 Å². The largest absolute Gasteiger partial charge is 0.330 e. The second-order valence-electron chi connectivity index (χ2n) is 2.10. The van der Waals surface area contributed by atoms with E-state index in [9.17, 15) is 4.79 Å². The third kappa shape index (κ3) is 7.19. The lowest BCUT2D eigenvalue weighted by Crippen LogP contribution is -2.16. The first-order valence-corrected chi connectivity index (χ1v) is 4.38. The van der Waals surface area contributed by atoms with Gasteiger partial charge in [0.2, 0.25) is 5.91 Å². The van der Waals surface area contributed by atoms with Crippen LogP contribution in [-0.2, 0) is 4.79 Å². The summed E-state index contributed by atoms with van der Waals surface area (Å²) in [5.41, 5.74) is 0.879. The molecular weight excluding hydrogens is 158 g/mol. The van der Waals surface area contributed by atoms with Crippen molar-refractivity contribution in [2.45, 2.75) is 13.8 Å². The molecule has 0 fully saturated rings. The maximum Gasteiger partial charge on any atom is 0.221 e. The van der Waals surface area contributed by atoms with Crippen LogP contribution in [0.3, 0.4) is 0 Å². The van der Waals surface area contributed by atoms with Crippen molar-refractivity contribution in [1.82, 2.24) is 5.32 Å². The molecule has 11 heavy (non-hydrogen) atoms. The Morgan fingerprint density at radius 1 is 1.64 bits per heavy atom. The molecule has 0 atom stereocenters. The Morgan fingerprint density at radius 3 is 2.73 bits per heavy atom. The predicted octanol–water partition coefficient (Wildman–Crippen LogP) is 1.90. The minimum atomic E-state index is -0.0297. The Morgan fingerprint density at radius 2 is 2.27 bits per heavy atom. The summed E-state index contributed by atoms with van der Waals surface area (Å²) < 4.78 is 0. The zero-order valence-electron chi connectivity index (χ0n) is 6.89. The molecule has 0 bridgehead atoms. The lowest BCUT2D eigenvalue weighted by atomic mass is 10.5. The molecule has 0 unspecified atom stereocenters. The van der Waals surface area contributed by atoms with E-state index in [1.165, 1.54) is 6.92 Å². The second-order valence-corrected chi connectivity index (χ2v) is 3.01. The molecule has 0 rings (SSSR count). The highest BCUT2D eigenvalue weighted by molar-refractivity contribution is 8.02. The molecular formula is C8H13NOS. The van der Waals surface area contributed by atoms with Crippen LogP contribution in [0.25, 0.3) is 0 Å². The van der Waals surface area contributed by atoms with E-state index in [0.29, 0.717) is 0 Å². The maximum atomic E-state index is 10.5. The van der Waals surface area contributed by atoms with Crippen molar-refractivity contribution in [3.05, 3.63) is 23.8 Å². The molecule has 0 aliphatic carbocycles. The standard InChI is InChI=1S/C8H13NOS/c1-4-5-11-6-7(2)9-8(3)10/h4,6H,1,5H2,2-3H3,(H,9,10)/b7-6-. The van der Waals surface area contributed by atoms with Crippen molar-refractivity contribution < 1.29 is 4.79 Å². The average Bonchev–Trinajstić information content (AvgIpc) is 1.86. The Bertz CT molecular complexity index is 175. The summed E-state index contributed by atoms with van der Waals surface area (Å²) in [5.74, 6) is 0.842. The summed E-state index contributed by atoms with van der Waals surface area (Å²) in [6.07, 6.45) is 1.82. The lowest BCUT2D eigenvalue weighted by molar-refractivity contribution is -0.118. The quantitative estimate of drug-likeness (QED) is 0.517. The molecule has 62 valence electrons. The van der Waals surface area contributed by atoms with Crippen LogP contribution in [0, 0.1) is 0 Å². The molecule has 0 saturated carbocycles. The zero-order chi connectivity index (χ0) is 8.69. The summed E-state index contributed by atoms with van der Waals surface area (Å²) in [4.78, 5) is 10.5. The topological polar surface area (TPSA) is 29.1 Å². The van der Waals surface area contributed by atoms with Gasteiger partial charge in [-0.25, -0.2) is 0 Å². The van der Waals surface area contributed by atoms with E-state index in [4.69, 9.17) is 0 Å². The summed E-state index contributed by atoms with van der Waals surface area (Å²) in [7, 11) is 0. The van der Waals surface area contributed by atoms with Crippen LogP contribution in [0.4, 0.5) is 0 Å². The zero-order valence-corrected chi connectivity index (χ0v) is 7.70. The number of rotatable bonds is 4. The first-order valence-electron chi connectivity index (χ1n) is 3.33. The van der Waals surface area contributed by atoms with E-state index in [1.807, 2.05) is 18.4 Å². The third-order valence-corrected chi connectivity index (χ3v) is 1.80. The van der Waals surface area contributed by atoms with E-state index in [0.717, 1.165) is 11.4 Å². The smallest absolute Gasteiger partial charge is 0.221 e. The van der Waals surface area contributed by atoms with Gasteiger partial charge >= 0.3 is 0 Å². The van der Waals surface area contributed by atoms with Gasteiger partial charge in [0.15, 0.2) is 0 Å². The highest BCUT2D eigenvalue weighted by atomic mass is 32.2. The summed E-state index contributed by atoms with van der Waals surface area (Å²) in [6.45, 7) is 6.94. The normalized spacial score (nSPS) is 10.9. The van der Waals surface area contributed by atoms with Gasteiger partial charge < -0.3 is 5.32 Å². The number of amides is 1. The van der Waals surface area contributed by atoms with Crippen molar-refractivity contribution in [3.8, 4) is 0 Å². The van der Waals surface area contributed by atoms with Crippen molar-refractivity contribution in [2.75, 3.05) is 5.75 Å². The van der Waals surface area contributed by atoms with E-state index in [2.05, 4.69) is 11.9 Å². The third-order valence-electron chi connectivity index (χ3n) is 0.847. The number of carbonyl (C=O) groups excluding carboxylic acids is 1. The molecule has 3 heteroatoms. The molecule has 0 aromatic carbocycles. The van der Waals surface area contributed by atoms with Gasteiger partial charge in [0, 0.05) is 18.4 Å². The van der Waals surface area contributed by atoms with E-state index in [1.54, 1.807) is 11.8 Å². The lowest BCUT2D eigenvalue weighted by Gasteiger charge is -1.99. The van der Waals surface area contributed by atoms with Gasteiger partial charge in [-0.2, -0.15) is 0 Å². The Hall–Kier alpha value is -0.700. The molecule has 0 aromatic rings. The van der Waals surface area contributed by atoms with Crippen LogP contribution in [0.2, 0.25) is 0 Å². The van der Waals surface area contributed by atoms with Crippen LogP contribution in [0.1, 0.15) is 13.8 Å². The van der Waals surface area contributed by atoms with Crippen molar-refractivity contribution in [2.24, 2.45) is 0 Å². The molecule has 0 aliphatic rings. The number of hydrogen-bond acceptors (Lipinski definition) is 2. The fourth-order valence-corrected chi connectivity index (χ4v) is 1.09. The summed E-state index contributed by atoms with van der Waals surface area (Å²) in [5, 5.41) is 4.57. The van der Waals surface area contributed by atoms with Gasteiger partial charge in [0.25, 0.3) is 0 Å². The minimum absolute atomic E-state index is 0.0297.